The molecule has 6 bridgehead atoms. The van der Waals surface area contributed by atoms with E-state index in [0.717, 1.165) is 23.4 Å². The molecule has 210 valence electrons. The van der Waals surface area contributed by atoms with Gasteiger partial charge in [0, 0.05) is 58.0 Å². The van der Waals surface area contributed by atoms with Crippen LogP contribution in [0.2, 0.25) is 0 Å². The van der Waals surface area contributed by atoms with Gasteiger partial charge in [-0.3, -0.25) is 14.5 Å². The lowest BCUT2D eigenvalue weighted by molar-refractivity contribution is -0.145. The lowest BCUT2D eigenvalue weighted by Gasteiger charge is -2.40. The van der Waals surface area contributed by atoms with Gasteiger partial charge in [0.05, 0.1) is 37.5 Å². The standard InChI is InChI=1S/C23H38N4O9S/c1-37(32,33)26-12-16-11-25(4-7-35-16)23(31)17-8-14(10-27(17)15-2-5-34-6-3-15)24-20(28)9-18-21(29)22(30)19(13-26)36-18/h14-19,21-22,29-30H,2-13H2,1H3,(H,24,28)/t14-,16-,17-,18-,19+,21-,22+/m0/s1. The molecule has 0 aromatic carbocycles. The van der Waals surface area contributed by atoms with E-state index >= 15 is 0 Å². The van der Waals surface area contributed by atoms with E-state index in [-0.39, 0.29) is 56.6 Å². The zero-order valence-electron chi connectivity index (χ0n) is 21.1. The van der Waals surface area contributed by atoms with Gasteiger partial charge < -0.3 is 34.6 Å². The van der Waals surface area contributed by atoms with E-state index in [2.05, 4.69) is 10.2 Å². The maximum Gasteiger partial charge on any atom is 0.240 e. The highest BCUT2D eigenvalue weighted by atomic mass is 32.2. The molecule has 5 heterocycles. The third-order valence-corrected chi connectivity index (χ3v) is 9.44. The predicted octanol–water partition coefficient (Wildman–Crippen LogP) is -2.89. The summed E-state index contributed by atoms with van der Waals surface area (Å²) in [5.41, 5.74) is 0. The second-order valence-corrected chi connectivity index (χ2v) is 12.8. The van der Waals surface area contributed by atoms with Crippen LogP contribution in [0.3, 0.4) is 0 Å². The molecule has 0 spiro atoms. The Kier molecular flexibility index (Phi) is 8.08. The third-order valence-electron chi connectivity index (χ3n) is 8.21. The lowest BCUT2D eigenvalue weighted by atomic mass is 10.0. The summed E-state index contributed by atoms with van der Waals surface area (Å²) in [6, 6.07) is -0.486. The summed E-state index contributed by atoms with van der Waals surface area (Å²) in [5, 5.41) is 24.1. The van der Waals surface area contributed by atoms with Crippen LogP contribution in [0.1, 0.15) is 25.7 Å². The maximum atomic E-state index is 13.8. The van der Waals surface area contributed by atoms with E-state index in [1.807, 2.05) is 0 Å². The van der Waals surface area contributed by atoms with Crippen molar-refractivity contribution in [3.05, 3.63) is 0 Å². The first-order valence-electron chi connectivity index (χ1n) is 13.1. The number of nitrogens with one attached hydrogen (secondary N) is 1. The molecule has 0 aromatic heterocycles. The summed E-state index contributed by atoms with van der Waals surface area (Å²) < 4.78 is 43.5. The first kappa shape index (κ1) is 27.2. The minimum Gasteiger partial charge on any atom is -0.388 e. The van der Waals surface area contributed by atoms with Crippen LogP contribution >= 0.6 is 0 Å². The largest absolute Gasteiger partial charge is 0.388 e. The molecule has 37 heavy (non-hydrogen) atoms. The smallest absolute Gasteiger partial charge is 0.240 e. The van der Waals surface area contributed by atoms with Gasteiger partial charge in [0.25, 0.3) is 0 Å². The fraction of sp³-hybridized carbons (Fsp3) is 0.913. The molecule has 0 saturated carbocycles. The summed E-state index contributed by atoms with van der Waals surface area (Å²) in [5.74, 6) is -0.385. The van der Waals surface area contributed by atoms with E-state index in [9.17, 15) is 28.2 Å². The Morgan fingerprint density at radius 3 is 2.43 bits per heavy atom. The monoisotopic (exact) mass is 546 g/mol. The molecule has 5 aliphatic heterocycles. The molecule has 0 radical (unpaired) electrons. The van der Waals surface area contributed by atoms with Gasteiger partial charge in [0.2, 0.25) is 21.8 Å². The van der Waals surface area contributed by atoms with Crippen molar-refractivity contribution in [1.29, 1.82) is 0 Å². The molecule has 5 fully saturated rings. The average Bonchev–Trinajstić information content (AvgIpc) is 3.39. The first-order chi connectivity index (χ1) is 17.6. The van der Waals surface area contributed by atoms with Crippen LogP contribution in [-0.4, -0.2) is 152 Å². The Morgan fingerprint density at radius 1 is 0.973 bits per heavy atom. The molecule has 5 rings (SSSR count). The molecule has 13 nitrogen and oxygen atoms in total. The number of hydrogen-bond donors (Lipinski definition) is 3. The molecular weight excluding hydrogens is 508 g/mol. The second kappa shape index (κ2) is 11.0. The normalized spacial score (nSPS) is 39.6. The van der Waals surface area contributed by atoms with Crippen LogP contribution in [-0.2, 0) is 33.8 Å². The Labute approximate surface area is 217 Å². The van der Waals surface area contributed by atoms with Crippen LogP contribution < -0.4 is 5.32 Å². The lowest BCUT2D eigenvalue weighted by Crippen LogP contribution is -2.56. The minimum absolute atomic E-state index is 0.0204. The van der Waals surface area contributed by atoms with Crippen molar-refractivity contribution in [2.45, 2.75) is 74.3 Å². The fourth-order valence-electron chi connectivity index (χ4n) is 6.26. The SMILES string of the molecule is CS(=O)(=O)N1C[C@@H]2CN(CCO2)C(=O)[C@@H]2C[C@@H](CN2C2CCOCC2)NC(=O)C[C@@H]2O[C@H](C1)[C@@H](O)[C@H]2O. The number of likely N-dealkylation sites (tertiary alicyclic amines) is 1. The molecule has 5 saturated heterocycles. The minimum atomic E-state index is -3.72. The summed E-state index contributed by atoms with van der Waals surface area (Å²) in [7, 11) is -3.72. The zero-order chi connectivity index (χ0) is 26.3. The first-order valence-corrected chi connectivity index (χ1v) is 14.9. The van der Waals surface area contributed by atoms with Crippen LogP contribution in [0.4, 0.5) is 0 Å². The number of rotatable bonds is 2. The van der Waals surface area contributed by atoms with Gasteiger partial charge in [-0.1, -0.05) is 0 Å². The van der Waals surface area contributed by atoms with Crippen molar-refractivity contribution in [2.75, 3.05) is 58.8 Å². The van der Waals surface area contributed by atoms with E-state index in [4.69, 9.17) is 14.2 Å². The molecule has 0 aliphatic carbocycles. The van der Waals surface area contributed by atoms with Crippen LogP contribution in [0.25, 0.3) is 0 Å². The molecular formula is C23H38N4O9S. The molecule has 2 amide bonds. The van der Waals surface area contributed by atoms with Crippen molar-refractivity contribution in [3.8, 4) is 0 Å². The summed E-state index contributed by atoms with van der Waals surface area (Å²) >= 11 is 0. The van der Waals surface area contributed by atoms with Crippen molar-refractivity contribution in [1.82, 2.24) is 19.4 Å². The van der Waals surface area contributed by atoms with E-state index in [1.54, 1.807) is 4.90 Å². The summed E-state index contributed by atoms with van der Waals surface area (Å²) in [6.07, 6.45) is -2.25. The molecule has 5 aliphatic rings. The summed E-state index contributed by atoms with van der Waals surface area (Å²) in [4.78, 5) is 30.6. The molecule has 0 unspecified atom stereocenters. The highest BCUT2D eigenvalue weighted by Crippen LogP contribution is 2.29. The predicted molar refractivity (Wildman–Crippen MR) is 129 cm³/mol. The fourth-order valence-corrected chi connectivity index (χ4v) is 7.11. The highest BCUT2D eigenvalue weighted by Gasteiger charge is 2.47. The second-order valence-electron chi connectivity index (χ2n) is 10.8. The number of carbonyl (C=O) groups excluding carboxylic acids is 2. The number of aliphatic hydroxyl groups is 2. The Bertz CT molecular complexity index is 962. The van der Waals surface area contributed by atoms with Gasteiger partial charge in [0.1, 0.15) is 18.3 Å². The van der Waals surface area contributed by atoms with Gasteiger partial charge in [-0.25, -0.2) is 8.42 Å². The highest BCUT2D eigenvalue weighted by molar-refractivity contribution is 7.88. The van der Waals surface area contributed by atoms with Crippen LogP contribution in [0.15, 0.2) is 0 Å². The van der Waals surface area contributed by atoms with Crippen LogP contribution in [0.5, 0.6) is 0 Å². The van der Waals surface area contributed by atoms with Gasteiger partial charge in [-0.15, -0.1) is 0 Å². The van der Waals surface area contributed by atoms with Gasteiger partial charge >= 0.3 is 0 Å². The Balaban J connectivity index is 1.42. The number of hydrogen-bond acceptors (Lipinski definition) is 10. The van der Waals surface area contributed by atoms with E-state index in [0.29, 0.717) is 32.7 Å². The van der Waals surface area contributed by atoms with Crippen molar-refractivity contribution >= 4 is 21.8 Å². The number of morpholine rings is 1. The van der Waals surface area contributed by atoms with Crippen molar-refractivity contribution in [2.24, 2.45) is 0 Å². The average molecular weight is 547 g/mol. The molecule has 7 atom stereocenters. The number of ether oxygens (including phenoxy) is 3. The van der Waals surface area contributed by atoms with Gasteiger partial charge in [-0.05, 0) is 19.3 Å². The van der Waals surface area contributed by atoms with Gasteiger partial charge in [0.15, 0.2) is 0 Å². The van der Waals surface area contributed by atoms with Crippen molar-refractivity contribution < 1.29 is 42.4 Å². The molecule has 14 heteroatoms. The van der Waals surface area contributed by atoms with Crippen LogP contribution in [0, 0.1) is 0 Å². The molecule has 3 N–H and O–H groups in total. The summed E-state index contributed by atoms with van der Waals surface area (Å²) in [6.45, 7) is 2.48. The van der Waals surface area contributed by atoms with Crippen molar-refractivity contribution in [3.63, 3.8) is 0 Å². The Morgan fingerprint density at radius 2 is 1.70 bits per heavy atom. The number of aliphatic hydroxyl groups excluding tert-OH is 2. The van der Waals surface area contributed by atoms with E-state index in [1.165, 1.54) is 0 Å². The zero-order valence-corrected chi connectivity index (χ0v) is 21.9. The van der Waals surface area contributed by atoms with E-state index < -0.39 is 46.6 Å². The number of carbonyl (C=O) groups is 2. The number of amides is 2. The maximum absolute atomic E-state index is 13.8. The number of sulfonamides is 1. The third kappa shape index (κ3) is 5.96. The quantitative estimate of drug-likeness (QED) is 0.328. The topological polar surface area (TPSA) is 158 Å². The molecule has 0 aromatic rings. The Hall–Kier alpha value is -1.39. The van der Waals surface area contributed by atoms with Gasteiger partial charge in [-0.2, -0.15) is 4.31 Å². The number of nitrogens with zero attached hydrogens (tertiary/aromatic N) is 3. The number of fused-ring (bicyclic) bond motifs is 6.